The van der Waals surface area contributed by atoms with Crippen molar-refractivity contribution in [2.45, 2.75) is 0 Å². The number of nitrogen functional groups attached to an aromatic ring is 2. The fraction of sp³-hybridized carbons (Fsp3) is 0. The molecule has 0 unspecified atom stereocenters. The van der Waals surface area contributed by atoms with Crippen LogP contribution in [0.4, 0.5) is 11.8 Å². The minimum Gasteiger partial charge on any atom is -0.382 e. The highest BCUT2D eigenvalue weighted by Crippen LogP contribution is 2.33. The minimum atomic E-state index is -0.387. The molecule has 0 spiro atoms. The van der Waals surface area contributed by atoms with E-state index in [0.717, 1.165) is 0 Å². The van der Waals surface area contributed by atoms with Gasteiger partial charge < -0.3 is 11.5 Å². The lowest BCUT2D eigenvalue weighted by atomic mass is 10.2. The van der Waals surface area contributed by atoms with E-state index in [1.807, 2.05) is 0 Å². The molecule has 0 atom stereocenters. The quantitative estimate of drug-likeness (QED) is 0.818. The van der Waals surface area contributed by atoms with Gasteiger partial charge in [0.2, 0.25) is 5.95 Å². The van der Waals surface area contributed by atoms with Crippen molar-refractivity contribution in [3.05, 3.63) is 28.2 Å². The maximum absolute atomic E-state index is 7.83. The van der Waals surface area contributed by atoms with E-state index in [0.29, 0.717) is 0 Å². The zero-order chi connectivity index (χ0) is 14.3. The van der Waals surface area contributed by atoms with Gasteiger partial charge in [0.15, 0.2) is 5.82 Å². The highest BCUT2D eigenvalue weighted by molar-refractivity contribution is 6.43. The number of nitrogens with two attached hydrogens (primary N) is 2. The van der Waals surface area contributed by atoms with Crippen LogP contribution < -0.4 is 11.5 Å². The van der Waals surface area contributed by atoms with Crippen LogP contribution in [0.2, 0.25) is 10.0 Å². The number of hydrogen-bond acceptors (Lipinski definition) is 5. The highest BCUT2D eigenvalue weighted by atomic mass is 35.5. The van der Waals surface area contributed by atoms with E-state index in [2.05, 4.69) is 15.2 Å². The summed E-state index contributed by atoms with van der Waals surface area (Å²) in [6.45, 7) is 0. The Morgan fingerprint density at radius 1 is 1.19 bits per heavy atom. The summed E-state index contributed by atoms with van der Waals surface area (Å²) in [6.07, 6.45) is 0. The van der Waals surface area contributed by atoms with Crippen molar-refractivity contribution in [1.29, 1.82) is 0 Å². The summed E-state index contributed by atoms with van der Waals surface area (Å²) in [5, 5.41) is 6.98. The average Bonchev–Trinajstić information content (AvgIpc) is 2.37. The number of halogens is 2. The number of benzene rings is 1. The fourth-order valence-corrected chi connectivity index (χ4v) is 1.39. The zero-order valence-electron chi connectivity index (χ0n) is 10.8. The van der Waals surface area contributed by atoms with Crippen molar-refractivity contribution in [2.75, 3.05) is 11.5 Å². The number of anilines is 2. The molecule has 0 saturated carbocycles. The second-order valence-corrected chi connectivity index (χ2v) is 3.54. The van der Waals surface area contributed by atoms with E-state index in [1.54, 1.807) is 0 Å². The van der Waals surface area contributed by atoms with Crippen LogP contribution in [0.25, 0.3) is 11.3 Å². The van der Waals surface area contributed by atoms with Crippen LogP contribution in [0.5, 0.6) is 0 Å². The molecular weight excluding hydrogens is 250 g/mol. The molecule has 82 valence electrons. The second kappa shape index (κ2) is 4.11. The molecule has 1 heterocycles. The maximum Gasteiger partial charge on any atom is 0.242 e. The zero-order valence-corrected chi connectivity index (χ0v) is 9.26. The Morgan fingerprint density at radius 3 is 2.62 bits per heavy atom. The van der Waals surface area contributed by atoms with Gasteiger partial charge in [-0.2, -0.15) is 4.98 Å². The van der Waals surface area contributed by atoms with Gasteiger partial charge in [0.1, 0.15) is 5.69 Å². The third-order valence-corrected chi connectivity index (χ3v) is 2.50. The van der Waals surface area contributed by atoms with Crippen molar-refractivity contribution >= 4 is 35.0 Å². The molecule has 0 bridgehead atoms. The smallest absolute Gasteiger partial charge is 0.242 e. The third-order valence-electron chi connectivity index (χ3n) is 1.74. The Labute approximate surface area is 106 Å². The molecule has 0 saturated heterocycles. The van der Waals surface area contributed by atoms with Crippen molar-refractivity contribution in [3.63, 3.8) is 0 Å². The SMILES string of the molecule is [2H]c1c([2H])c(Cl)c(Cl)c(-c2nnc(N)n[13c]2N)c1[2H]. The van der Waals surface area contributed by atoms with E-state index < -0.39 is 0 Å². The number of hydrogen-bond donors (Lipinski definition) is 2. The van der Waals surface area contributed by atoms with Crippen LogP contribution in [0.1, 0.15) is 4.11 Å². The van der Waals surface area contributed by atoms with Crippen molar-refractivity contribution < 1.29 is 4.11 Å². The molecule has 7 heteroatoms. The van der Waals surface area contributed by atoms with Gasteiger partial charge >= 0.3 is 0 Å². The van der Waals surface area contributed by atoms with Gasteiger partial charge in [0.25, 0.3) is 0 Å². The first-order valence-electron chi connectivity index (χ1n) is 5.55. The van der Waals surface area contributed by atoms with E-state index in [9.17, 15) is 0 Å². The Hall–Kier alpha value is -1.59. The molecule has 0 aliphatic carbocycles. The average molecular weight is 260 g/mol. The van der Waals surface area contributed by atoms with Gasteiger partial charge in [-0.15, -0.1) is 10.2 Å². The number of aromatic nitrogens is 3. The van der Waals surface area contributed by atoms with Crippen molar-refractivity contribution in [1.82, 2.24) is 15.2 Å². The molecule has 0 aliphatic heterocycles. The monoisotopic (exact) mass is 259 g/mol. The molecule has 4 N–H and O–H groups in total. The van der Waals surface area contributed by atoms with Gasteiger partial charge in [-0.05, 0) is 6.04 Å². The van der Waals surface area contributed by atoms with Crippen LogP contribution in [0.3, 0.4) is 0 Å². The van der Waals surface area contributed by atoms with E-state index >= 15 is 0 Å². The molecule has 2 rings (SSSR count). The summed E-state index contributed by atoms with van der Waals surface area (Å²) in [5.41, 5.74) is 11.0. The Bertz CT molecular complexity index is 650. The van der Waals surface area contributed by atoms with Crippen LogP contribution in [0, 0.1) is 0 Å². The molecule has 2 aromatic rings. The summed E-state index contributed by atoms with van der Waals surface area (Å²) in [5.74, 6) is -0.214. The van der Waals surface area contributed by atoms with Gasteiger partial charge in [-0.25, -0.2) is 0 Å². The lowest BCUT2D eigenvalue weighted by molar-refractivity contribution is 1.000. The largest absolute Gasteiger partial charge is 0.382 e. The molecule has 16 heavy (non-hydrogen) atoms. The molecular formula is C9H7Cl2N5. The van der Waals surface area contributed by atoms with E-state index in [4.69, 9.17) is 38.8 Å². The lowest BCUT2D eigenvalue weighted by Crippen LogP contribution is -2.04. The first-order chi connectivity index (χ1) is 8.84. The van der Waals surface area contributed by atoms with Crippen LogP contribution in [0.15, 0.2) is 18.1 Å². The molecule has 0 radical (unpaired) electrons. The first-order valence-corrected chi connectivity index (χ1v) is 4.81. The van der Waals surface area contributed by atoms with Crippen LogP contribution in [-0.2, 0) is 0 Å². The third kappa shape index (κ3) is 1.87. The normalized spacial score (nSPS) is 13.0. The molecule has 5 nitrogen and oxygen atoms in total. The standard InChI is InChI=1S/C9H7Cl2N5/c10-5-3-1-2-4(6(5)11)7-8(12)14-9(13)16-15-7/h1-3H,(H4,12,13,14,16)/i1D,2D,3D,8+1. The number of nitrogens with zero attached hydrogens (tertiary/aromatic N) is 3. The Morgan fingerprint density at radius 2 is 1.94 bits per heavy atom. The summed E-state index contributed by atoms with van der Waals surface area (Å²) < 4.78 is 23.0. The van der Waals surface area contributed by atoms with Gasteiger partial charge in [-0.1, -0.05) is 35.3 Å². The predicted molar refractivity (Wildman–Crippen MR) is 64.1 cm³/mol. The Kier molecular flexibility index (Phi) is 1.97. The van der Waals surface area contributed by atoms with Crippen molar-refractivity contribution in [2.24, 2.45) is 0 Å². The summed E-state index contributed by atoms with van der Waals surface area (Å²) in [6, 6.07) is -1.05. The Balaban J connectivity index is 2.83. The first kappa shape index (κ1) is 7.65. The van der Waals surface area contributed by atoms with Gasteiger partial charge in [0.05, 0.1) is 14.2 Å². The summed E-state index contributed by atoms with van der Waals surface area (Å²) in [4.78, 5) is 3.70. The van der Waals surface area contributed by atoms with Crippen molar-refractivity contribution in [3.8, 4) is 11.3 Å². The molecule has 1 aromatic heterocycles. The number of rotatable bonds is 1. The maximum atomic E-state index is 7.83. The minimum absolute atomic E-state index is 0.000370. The van der Waals surface area contributed by atoms with E-state index in [1.165, 1.54) is 0 Å². The summed E-state index contributed by atoms with van der Waals surface area (Å²) >= 11 is 11.8. The highest BCUT2D eigenvalue weighted by Gasteiger charge is 2.12. The van der Waals surface area contributed by atoms with Gasteiger partial charge in [0, 0.05) is 5.56 Å². The topological polar surface area (TPSA) is 90.7 Å². The molecule has 0 amide bonds. The van der Waals surface area contributed by atoms with Crippen LogP contribution >= 0.6 is 23.2 Å². The summed E-state index contributed by atoms with van der Waals surface area (Å²) in [7, 11) is 0. The molecule has 0 fully saturated rings. The second-order valence-electron chi connectivity index (χ2n) is 2.78. The predicted octanol–water partition coefficient (Wildman–Crippen LogP) is 2.01. The molecule has 0 aliphatic rings. The molecule has 1 aromatic carbocycles. The van der Waals surface area contributed by atoms with Gasteiger partial charge in [-0.3, -0.25) is 0 Å². The van der Waals surface area contributed by atoms with Crippen LogP contribution in [-0.4, -0.2) is 15.2 Å². The van der Waals surface area contributed by atoms with E-state index in [-0.39, 0.29) is 51.2 Å². The lowest BCUT2D eigenvalue weighted by Gasteiger charge is -2.06. The fourth-order valence-electron chi connectivity index (χ4n) is 1.06.